The molecule has 0 aliphatic carbocycles. The van der Waals surface area contributed by atoms with Gasteiger partial charge >= 0.3 is 0 Å². The van der Waals surface area contributed by atoms with Crippen LogP contribution in [0.1, 0.15) is 45.2 Å². The van der Waals surface area contributed by atoms with Crippen molar-refractivity contribution in [3.8, 4) is 5.75 Å². The van der Waals surface area contributed by atoms with E-state index in [0.29, 0.717) is 11.1 Å². The third-order valence-corrected chi connectivity index (χ3v) is 4.07. The zero-order chi connectivity index (χ0) is 19.1. The standard InChI is InChI=1S/C22H25NO3/c1-5-6-16-7-14-21(26-4)19(15-16)12-13-20(24)17-8-10-18(11-9-17)22(25)23(2)3/h7-15H,5-6H2,1-4H3/b13-12+. The molecular formula is C22H25NO3. The van der Waals surface area contributed by atoms with E-state index in [4.69, 9.17) is 4.74 Å². The summed E-state index contributed by atoms with van der Waals surface area (Å²) in [5.41, 5.74) is 3.20. The molecule has 2 rings (SSSR count). The molecule has 4 nitrogen and oxygen atoms in total. The van der Waals surface area contributed by atoms with Gasteiger partial charge in [-0.2, -0.15) is 0 Å². The number of hydrogen-bond donors (Lipinski definition) is 0. The molecule has 0 aromatic heterocycles. The van der Waals surface area contributed by atoms with E-state index in [0.717, 1.165) is 24.2 Å². The number of carbonyl (C=O) groups is 2. The number of methoxy groups -OCH3 is 1. The van der Waals surface area contributed by atoms with Crippen LogP contribution in [0.15, 0.2) is 48.5 Å². The average Bonchev–Trinajstić information content (AvgIpc) is 2.66. The molecule has 0 aliphatic heterocycles. The fraction of sp³-hybridized carbons (Fsp3) is 0.273. The van der Waals surface area contributed by atoms with E-state index in [9.17, 15) is 9.59 Å². The molecule has 136 valence electrons. The molecule has 0 aliphatic rings. The lowest BCUT2D eigenvalue weighted by atomic mass is 10.0. The number of ketones is 1. The maximum absolute atomic E-state index is 12.4. The van der Waals surface area contributed by atoms with Crippen molar-refractivity contribution in [1.82, 2.24) is 4.90 Å². The number of aryl methyl sites for hydroxylation is 1. The summed E-state index contributed by atoms with van der Waals surface area (Å²) < 4.78 is 5.38. The average molecular weight is 351 g/mol. The molecule has 0 spiro atoms. The summed E-state index contributed by atoms with van der Waals surface area (Å²) in [7, 11) is 5.02. The Morgan fingerprint density at radius 2 is 1.69 bits per heavy atom. The summed E-state index contributed by atoms with van der Waals surface area (Å²) in [4.78, 5) is 25.8. The predicted molar refractivity (Wildman–Crippen MR) is 105 cm³/mol. The zero-order valence-electron chi connectivity index (χ0n) is 15.8. The molecule has 4 heteroatoms. The van der Waals surface area contributed by atoms with Crippen LogP contribution in [0.5, 0.6) is 5.75 Å². The van der Waals surface area contributed by atoms with Gasteiger partial charge in [-0.3, -0.25) is 9.59 Å². The van der Waals surface area contributed by atoms with E-state index >= 15 is 0 Å². The Morgan fingerprint density at radius 3 is 2.27 bits per heavy atom. The van der Waals surface area contributed by atoms with Crippen LogP contribution in [-0.2, 0) is 6.42 Å². The van der Waals surface area contributed by atoms with Crippen molar-refractivity contribution in [3.05, 3.63) is 70.8 Å². The largest absolute Gasteiger partial charge is 0.496 e. The molecule has 0 bridgehead atoms. The van der Waals surface area contributed by atoms with E-state index in [1.807, 2.05) is 18.2 Å². The van der Waals surface area contributed by atoms with Crippen LogP contribution in [0.3, 0.4) is 0 Å². The van der Waals surface area contributed by atoms with Gasteiger partial charge in [0.1, 0.15) is 5.75 Å². The molecule has 0 saturated heterocycles. The number of hydrogen-bond acceptors (Lipinski definition) is 3. The van der Waals surface area contributed by atoms with Gasteiger partial charge in [-0.1, -0.05) is 31.5 Å². The summed E-state index contributed by atoms with van der Waals surface area (Å²) in [5.74, 6) is 0.537. The van der Waals surface area contributed by atoms with E-state index in [2.05, 4.69) is 6.92 Å². The highest BCUT2D eigenvalue weighted by atomic mass is 16.5. The van der Waals surface area contributed by atoms with Crippen molar-refractivity contribution >= 4 is 17.8 Å². The Balaban J connectivity index is 2.19. The second kappa shape index (κ2) is 8.99. The highest BCUT2D eigenvalue weighted by molar-refractivity contribution is 6.07. The van der Waals surface area contributed by atoms with Crippen LogP contribution >= 0.6 is 0 Å². The van der Waals surface area contributed by atoms with Gasteiger partial charge in [-0.25, -0.2) is 0 Å². The number of ether oxygens (including phenoxy) is 1. The van der Waals surface area contributed by atoms with Crippen molar-refractivity contribution in [2.75, 3.05) is 21.2 Å². The molecule has 0 fully saturated rings. The highest BCUT2D eigenvalue weighted by Crippen LogP contribution is 2.22. The number of nitrogens with zero attached hydrogens (tertiary/aromatic N) is 1. The van der Waals surface area contributed by atoms with Crippen molar-refractivity contribution in [2.45, 2.75) is 19.8 Å². The molecular weight excluding hydrogens is 326 g/mol. The van der Waals surface area contributed by atoms with Gasteiger partial charge in [-0.05, 0) is 48.4 Å². The second-order valence-corrected chi connectivity index (χ2v) is 6.30. The van der Waals surface area contributed by atoms with Crippen LogP contribution in [0.4, 0.5) is 0 Å². The normalized spacial score (nSPS) is 10.8. The first-order chi connectivity index (χ1) is 12.5. The Hall–Kier alpha value is -2.88. The molecule has 0 N–H and O–H groups in total. The maximum atomic E-state index is 12.4. The molecule has 0 unspecified atom stereocenters. The Morgan fingerprint density at radius 1 is 1.04 bits per heavy atom. The third kappa shape index (κ3) is 4.82. The van der Waals surface area contributed by atoms with Crippen LogP contribution in [0, 0.1) is 0 Å². The van der Waals surface area contributed by atoms with Gasteiger partial charge in [0.05, 0.1) is 7.11 Å². The van der Waals surface area contributed by atoms with Crippen LogP contribution in [0.2, 0.25) is 0 Å². The lowest BCUT2D eigenvalue weighted by molar-refractivity contribution is 0.0827. The Labute approximate surface area is 155 Å². The Kier molecular flexibility index (Phi) is 6.73. The summed E-state index contributed by atoms with van der Waals surface area (Å²) >= 11 is 0. The van der Waals surface area contributed by atoms with Crippen LogP contribution < -0.4 is 4.74 Å². The predicted octanol–water partition coefficient (Wildman–Crippen LogP) is 4.25. The summed E-state index contributed by atoms with van der Waals surface area (Å²) in [6.45, 7) is 2.13. The molecule has 26 heavy (non-hydrogen) atoms. The van der Waals surface area contributed by atoms with E-state index in [1.54, 1.807) is 51.5 Å². The zero-order valence-corrected chi connectivity index (χ0v) is 15.8. The van der Waals surface area contributed by atoms with Gasteiger partial charge in [-0.15, -0.1) is 0 Å². The first-order valence-corrected chi connectivity index (χ1v) is 8.67. The lowest BCUT2D eigenvalue weighted by Gasteiger charge is -2.10. The number of allylic oxidation sites excluding steroid dienone is 1. The summed E-state index contributed by atoms with van der Waals surface area (Å²) in [5, 5.41) is 0. The number of benzene rings is 2. The molecule has 0 radical (unpaired) electrons. The minimum atomic E-state index is -0.114. The molecule has 0 saturated carbocycles. The molecule has 0 atom stereocenters. The molecule has 2 aromatic rings. The van der Waals surface area contributed by atoms with Gasteiger partial charge < -0.3 is 9.64 Å². The van der Waals surface area contributed by atoms with Crippen molar-refractivity contribution < 1.29 is 14.3 Å². The quantitative estimate of drug-likeness (QED) is 0.553. The number of rotatable bonds is 7. The van der Waals surface area contributed by atoms with E-state index in [1.165, 1.54) is 16.5 Å². The fourth-order valence-corrected chi connectivity index (χ4v) is 2.66. The monoisotopic (exact) mass is 351 g/mol. The second-order valence-electron chi connectivity index (χ2n) is 6.30. The maximum Gasteiger partial charge on any atom is 0.253 e. The van der Waals surface area contributed by atoms with Crippen LogP contribution in [-0.4, -0.2) is 37.8 Å². The first-order valence-electron chi connectivity index (χ1n) is 8.67. The Bertz CT molecular complexity index is 805. The van der Waals surface area contributed by atoms with Gasteiger partial charge in [0, 0.05) is 30.8 Å². The fourth-order valence-electron chi connectivity index (χ4n) is 2.66. The van der Waals surface area contributed by atoms with Gasteiger partial charge in [0.2, 0.25) is 0 Å². The smallest absolute Gasteiger partial charge is 0.253 e. The molecule has 0 heterocycles. The van der Waals surface area contributed by atoms with Crippen LogP contribution in [0.25, 0.3) is 6.08 Å². The summed E-state index contributed by atoms with van der Waals surface area (Å²) in [6.07, 6.45) is 5.36. The number of carbonyl (C=O) groups excluding carboxylic acids is 2. The SMILES string of the molecule is CCCc1ccc(OC)c(/C=C/C(=O)c2ccc(C(=O)N(C)C)cc2)c1. The topological polar surface area (TPSA) is 46.6 Å². The van der Waals surface area contributed by atoms with E-state index < -0.39 is 0 Å². The highest BCUT2D eigenvalue weighted by Gasteiger charge is 2.09. The first kappa shape index (κ1) is 19.4. The van der Waals surface area contributed by atoms with Crippen molar-refractivity contribution in [1.29, 1.82) is 0 Å². The minimum Gasteiger partial charge on any atom is -0.496 e. The third-order valence-electron chi connectivity index (χ3n) is 4.07. The minimum absolute atomic E-state index is 0.0861. The molecule has 2 aromatic carbocycles. The van der Waals surface area contributed by atoms with Gasteiger partial charge in [0.25, 0.3) is 5.91 Å². The van der Waals surface area contributed by atoms with E-state index in [-0.39, 0.29) is 11.7 Å². The van der Waals surface area contributed by atoms with Crippen molar-refractivity contribution in [2.24, 2.45) is 0 Å². The molecule has 1 amide bonds. The van der Waals surface area contributed by atoms with Gasteiger partial charge in [0.15, 0.2) is 5.78 Å². The summed E-state index contributed by atoms with van der Waals surface area (Å²) in [6, 6.07) is 12.7. The number of amides is 1. The van der Waals surface area contributed by atoms with Crippen molar-refractivity contribution in [3.63, 3.8) is 0 Å². The lowest BCUT2D eigenvalue weighted by Crippen LogP contribution is -2.21.